The summed E-state index contributed by atoms with van der Waals surface area (Å²) in [6, 6.07) is 0. The lowest BCUT2D eigenvalue weighted by molar-refractivity contribution is 0.0635. The van der Waals surface area contributed by atoms with Gasteiger partial charge >= 0.3 is 6.09 Å². The second kappa shape index (κ2) is 4.89. The van der Waals surface area contributed by atoms with E-state index in [1.54, 1.807) is 10.9 Å². The van der Waals surface area contributed by atoms with Crippen LogP contribution in [0.1, 0.15) is 20.8 Å². The van der Waals surface area contributed by atoms with Crippen LogP contribution in [-0.4, -0.2) is 34.2 Å². The summed E-state index contributed by atoms with van der Waals surface area (Å²) in [6.07, 6.45) is 1.52. The summed E-state index contributed by atoms with van der Waals surface area (Å²) in [7, 11) is 0. The van der Waals surface area contributed by atoms with Crippen LogP contribution in [0.25, 0.3) is 0 Å². The number of aromatic nitrogens is 2. The van der Waals surface area contributed by atoms with Crippen LogP contribution in [0.15, 0.2) is 10.7 Å². The Labute approximate surface area is 114 Å². The van der Waals surface area contributed by atoms with Crippen LogP contribution in [0.3, 0.4) is 0 Å². The maximum absolute atomic E-state index is 11.6. The minimum atomic E-state index is -0.527. The Kier molecular flexibility index (Phi) is 3.63. The first-order chi connectivity index (χ1) is 8.33. The summed E-state index contributed by atoms with van der Waals surface area (Å²) < 4.78 is 12.7. The van der Waals surface area contributed by atoms with Crippen molar-refractivity contribution in [1.29, 1.82) is 0 Å². The van der Waals surface area contributed by atoms with Gasteiger partial charge in [0.1, 0.15) is 11.7 Å². The second-order valence-corrected chi connectivity index (χ2v) is 5.98. The molecule has 7 heteroatoms. The molecule has 1 atom stereocenters. The number of amides is 1. The van der Waals surface area contributed by atoms with Crippen molar-refractivity contribution in [3.05, 3.63) is 10.7 Å². The van der Waals surface area contributed by atoms with Gasteiger partial charge in [-0.3, -0.25) is 10.00 Å². The molecule has 1 aromatic heterocycles. The van der Waals surface area contributed by atoms with Gasteiger partial charge in [-0.05, 0) is 36.7 Å². The molecule has 1 fully saturated rings. The molecule has 18 heavy (non-hydrogen) atoms. The molecule has 100 valence electrons. The molecule has 2 rings (SSSR count). The Morgan fingerprint density at radius 3 is 2.94 bits per heavy atom. The van der Waals surface area contributed by atoms with Crippen LogP contribution < -0.4 is 5.32 Å². The first kappa shape index (κ1) is 13.4. The first-order valence-corrected chi connectivity index (χ1v) is 6.47. The minimum Gasteiger partial charge on any atom is -0.444 e. The average Bonchev–Trinajstić information content (AvgIpc) is 2.91. The highest BCUT2D eigenvalue weighted by Crippen LogP contribution is 2.22. The smallest absolute Gasteiger partial charge is 0.413 e. The van der Waals surface area contributed by atoms with E-state index < -0.39 is 11.7 Å². The molecule has 1 unspecified atom stereocenters. The topological polar surface area (TPSA) is 68.7 Å². The number of carbonyl (C=O) groups excluding carboxylic acids is 1. The number of halogens is 1. The van der Waals surface area contributed by atoms with Gasteiger partial charge in [-0.25, -0.2) is 4.79 Å². The minimum absolute atomic E-state index is 0.242. The fraction of sp³-hybridized carbons (Fsp3) is 0.636. The number of ether oxygens (including phenoxy) is 2. The van der Waals surface area contributed by atoms with Gasteiger partial charge in [0, 0.05) is 6.20 Å². The molecule has 1 saturated heterocycles. The van der Waals surface area contributed by atoms with Crippen molar-refractivity contribution in [1.82, 2.24) is 9.78 Å². The number of epoxide rings is 1. The van der Waals surface area contributed by atoms with E-state index >= 15 is 0 Å². The van der Waals surface area contributed by atoms with Gasteiger partial charge in [-0.2, -0.15) is 5.10 Å². The summed E-state index contributed by atoms with van der Waals surface area (Å²) in [5.74, 6) is 0.449. The highest BCUT2D eigenvalue weighted by atomic mass is 79.9. The molecule has 0 spiro atoms. The third-order valence-electron chi connectivity index (χ3n) is 2.13. The van der Waals surface area contributed by atoms with Gasteiger partial charge in [0.2, 0.25) is 0 Å². The van der Waals surface area contributed by atoms with E-state index in [1.807, 2.05) is 20.8 Å². The molecule has 1 N–H and O–H groups in total. The van der Waals surface area contributed by atoms with E-state index in [2.05, 4.69) is 26.3 Å². The molecule has 1 aliphatic heterocycles. The van der Waals surface area contributed by atoms with Gasteiger partial charge in [0.05, 0.1) is 17.6 Å². The molecule has 0 aromatic carbocycles. The number of carbonyl (C=O) groups is 1. The molecule has 1 aliphatic rings. The lowest BCUT2D eigenvalue weighted by Crippen LogP contribution is -2.27. The number of anilines is 1. The molecule has 0 aliphatic carbocycles. The Morgan fingerprint density at radius 1 is 1.72 bits per heavy atom. The van der Waals surface area contributed by atoms with Crippen molar-refractivity contribution in [2.45, 2.75) is 39.0 Å². The lowest BCUT2D eigenvalue weighted by atomic mass is 10.2. The number of hydrogen-bond acceptors (Lipinski definition) is 4. The third kappa shape index (κ3) is 3.99. The normalized spacial score (nSPS) is 18.6. The van der Waals surface area contributed by atoms with E-state index in [0.29, 0.717) is 16.8 Å². The van der Waals surface area contributed by atoms with Crippen LogP contribution in [-0.2, 0) is 16.0 Å². The average molecular weight is 318 g/mol. The quantitative estimate of drug-likeness (QED) is 0.869. The van der Waals surface area contributed by atoms with Crippen molar-refractivity contribution in [3.8, 4) is 0 Å². The van der Waals surface area contributed by atoms with Crippen LogP contribution in [0.5, 0.6) is 0 Å². The Balaban J connectivity index is 1.95. The predicted molar refractivity (Wildman–Crippen MR) is 69.5 cm³/mol. The highest BCUT2D eigenvalue weighted by Gasteiger charge is 2.24. The highest BCUT2D eigenvalue weighted by molar-refractivity contribution is 9.10. The molecule has 1 amide bonds. The van der Waals surface area contributed by atoms with Gasteiger partial charge in [-0.15, -0.1) is 0 Å². The lowest BCUT2D eigenvalue weighted by Gasteiger charge is -2.19. The second-order valence-electron chi connectivity index (χ2n) is 5.13. The zero-order valence-corrected chi connectivity index (χ0v) is 12.2. The summed E-state index contributed by atoms with van der Waals surface area (Å²) in [5, 5.41) is 6.84. The zero-order valence-electron chi connectivity index (χ0n) is 10.6. The summed E-state index contributed by atoms with van der Waals surface area (Å²) in [5.41, 5.74) is -0.527. The van der Waals surface area contributed by atoms with Crippen molar-refractivity contribution in [2.75, 3.05) is 11.9 Å². The number of rotatable bonds is 3. The summed E-state index contributed by atoms with van der Waals surface area (Å²) >= 11 is 3.34. The van der Waals surface area contributed by atoms with Gasteiger partial charge in [0.15, 0.2) is 5.82 Å². The van der Waals surface area contributed by atoms with Crippen molar-refractivity contribution in [3.63, 3.8) is 0 Å². The number of hydrogen-bond donors (Lipinski definition) is 1. The maximum Gasteiger partial charge on any atom is 0.413 e. The fourth-order valence-corrected chi connectivity index (χ4v) is 1.77. The summed E-state index contributed by atoms with van der Waals surface area (Å²) in [6.45, 7) is 6.89. The van der Waals surface area contributed by atoms with E-state index in [1.165, 1.54) is 0 Å². The molecule has 2 heterocycles. The van der Waals surface area contributed by atoms with Gasteiger partial charge < -0.3 is 9.47 Å². The van der Waals surface area contributed by atoms with E-state index in [4.69, 9.17) is 9.47 Å². The van der Waals surface area contributed by atoms with Gasteiger partial charge in [0.25, 0.3) is 0 Å². The zero-order chi connectivity index (χ0) is 13.3. The molecule has 0 bridgehead atoms. The van der Waals surface area contributed by atoms with Crippen molar-refractivity contribution >= 4 is 27.8 Å². The standard InChI is InChI=1S/C11H16BrN3O3/c1-11(2,3)18-10(16)13-9-8(12)5-15(14-9)4-7-6-17-7/h5,7H,4,6H2,1-3H3,(H,13,14,16). The van der Waals surface area contributed by atoms with Crippen molar-refractivity contribution in [2.24, 2.45) is 0 Å². The number of nitrogens with one attached hydrogen (secondary N) is 1. The molecular formula is C11H16BrN3O3. The molecule has 1 aromatic rings. The largest absolute Gasteiger partial charge is 0.444 e. The van der Waals surface area contributed by atoms with Crippen LogP contribution in [0, 0.1) is 0 Å². The first-order valence-electron chi connectivity index (χ1n) is 5.68. The predicted octanol–water partition coefficient (Wildman–Crippen LogP) is 2.39. The maximum atomic E-state index is 11.6. The molecule has 6 nitrogen and oxygen atoms in total. The monoisotopic (exact) mass is 317 g/mol. The van der Waals surface area contributed by atoms with Crippen LogP contribution in [0.4, 0.5) is 10.6 Å². The molecular weight excluding hydrogens is 302 g/mol. The number of nitrogens with zero attached hydrogens (tertiary/aromatic N) is 2. The van der Waals surface area contributed by atoms with E-state index in [0.717, 1.165) is 6.61 Å². The summed E-state index contributed by atoms with van der Waals surface area (Å²) in [4.78, 5) is 11.6. The van der Waals surface area contributed by atoms with Gasteiger partial charge in [-0.1, -0.05) is 0 Å². The Morgan fingerprint density at radius 2 is 2.39 bits per heavy atom. The van der Waals surface area contributed by atoms with Crippen LogP contribution >= 0.6 is 15.9 Å². The SMILES string of the molecule is CC(C)(C)OC(=O)Nc1nn(CC2CO2)cc1Br. The molecule has 0 radical (unpaired) electrons. The van der Waals surface area contributed by atoms with E-state index in [9.17, 15) is 4.79 Å². The van der Waals surface area contributed by atoms with Crippen LogP contribution in [0.2, 0.25) is 0 Å². The van der Waals surface area contributed by atoms with Crippen molar-refractivity contribution < 1.29 is 14.3 Å². The third-order valence-corrected chi connectivity index (χ3v) is 2.71. The Hall–Kier alpha value is -1.08. The molecule has 0 saturated carbocycles. The Bertz CT molecular complexity index is 449. The fourth-order valence-electron chi connectivity index (χ4n) is 1.36. The van der Waals surface area contributed by atoms with E-state index in [-0.39, 0.29) is 6.10 Å².